The van der Waals surface area contributed by atoms with Crippen LogP contribution in [0.4, 0.5) is 11.4 Å². The second-order valence-corrected chi connectivity index (χ2v) is 8.36. The Balaban J connectivity index is 1.82. The SMILES string of the molecule is NN(C=O)c1cc2ccccc2c(Br)c1NC(=O)c1cc(Br)nn1-c1ncccc1Cl. The van der Waals surface area contributed by atoms with E-state index < -0.39 is 5.91 Å². The summed E-state index contributed by atoms with van der Waals surface area (Å²) in [5.41, 5.74) is 0.817. The van der Waals surface area contributed by atoms with Crippen molar-refractivity contribution in [3.05, 3.63) is 74.5 Å². The molecule has 0 fully saturated rings. The van der Waals surface area contributed by atoms with E-state index >= 15 is 0 Å². The van der Waals surface area contributed by atoms with E-state index in [0.717, 1.165) is 15.8 Å². The fraction of sp³-hybridized carbons (Fsp3) is 0. The molecule has 11 heteroatoms. The molecule has 0 bridgehead atoms. The van der Waals surface area contributed by atoms with Crippen LogP contribution in [0.3, 0.4) is 0 Å². The Morgan fingerprint density at radius 3 is 2.71 bits per heavy atom. The van der Waals surface area contributed by atoms with Crippen LogP contribution in [0.15, 0.2) is 63.8 Å². The lowest BCUT2D eigenvalue weighted by Crippen LogP contribution is -2.30. The Bertz CT molecular complexity index is 1330. The first kappa shape index (κ1) is 21.4. The summed E-state index contributed by atoms with van der Waals surface area (Å²) < 4.78 is 2.33. The zero-order chi connectivity index (χ0) is 22.1. The zero-order valence-electron chi connectivity index (χ0n) is 15.6. The number of hydrazine groups is 1. The van der Waals surface area contributed by atoms with Gasteiger partial charge in [0.25, 0.3) is 5.91 Å². The van der Waals surface area contributed by atoms with Gasteiger partial charge in [0.05, 0.1) is 20.9 Å². The number of carbonyl (C=O) groups is 2. The van der Waals surface area contributed by atoms with Gasteiger partial charge in [0.2, 0.25) is 6.41 Å². The van der Waals surface area contributed by atoms with Crippen LogP contribution in [-0.2, 0) is 4.79 Å². The third-order valence-electron chi connectivity index (χ3n) is 4.45. The van der Waals surface area contributed by atoms with Crippen LogP contribution in [0, 0.1) is 0 Å². The first-order valence-electron chi connectivity index (χ1n) is 8.79. The third kappa shape index (κ3) is 4.07. The maximum atomic E-state index is 13.3. The monoisotopic (exact) mass is 562 g/mol. The normalized spacial score (nSPS) is 10.8. The Labute approximate surface area is 198 Å². The molecule has 31 heavy (non-hydrogen) atoms. The second kappa shape index (κ2) is 8.75. The fourth-order valence-electron chi connectivity index (χ4n) is 3.05. The molecule has 0 saturated heterocycles. The van der Waals surface area contributed by atoms with E-state index in [1.165, 1.54) is 10.7 Å². The van der Waals surface area contributed by atoms with Crippen LogP contribution in [0.5, 0.6) is 0 Å². The first-order valence-corrected chi connectivity index (χ1v) is 10.8. The molecule has 0 aliphatic heterocycles. The molecule has 0 unspecified atom stereocenters. The van der Waals surface area contributed by atoms with Crippen molar-refractivity contribution in [2.24, 2.45) is 5.84 Å². The molecule has 0 saturated carbocycles. The summed E-state index contributed by atoms with van der Waals surface area (Å²) in [5.74, 6) is 5.65. The zero-order valence-corrected chi connectivity index (χ0v) is 19.5. The van der Waals surface area contributed by atoms with Crippen molar-refractivity contribution < 1.29 is 9.59 Å². The lowest BCUT2D eigenvalue weighted by Gasteiger charge is -2.19. The van der Waals surface area contributed by atoms with Crippen molar-refractivity contribution >= 4 is 77.9 Å². The number of rotatable bonds is 5. The molecule has 2 aromatic carbocycles. The predicted molar refractivity (Wildman–Crippen MR) is 126 cm³/mol. The van der Waals surface area contributed by atoms with Gasteiger partial charge in [-0.2, -0.15) is 5.10 Å². The topological polar surface area (TPSA) is 106 Å². The number of benzene rings is 2. The molecule has 0 aliphatic rings. The summed E-state index contributed by atoms with van der Waals surface area (Å²) in [6, 6.07) is 14.1. The van der Waals surface area contributed by atoms with E-state index in [4.69, 9.17) is 17.4 Å². The van der Waals surface area contributed by atoms with Crippen LogP contribution < -0.4 is 16.2 Å². The molecule has 2 amide bonds. The highest BCUT2D eigenvalue weighted by molar-refractivity contribution is 9.11. The molecule has 3 N–H and O–H groups in total. The van der Waals surface area contributed by atoms with E-state index in [9.17, 15) is 9.59 Å². The van der Waals surface area contributed by atoms with E-state index in [1.807, 2.05) is 24.3 Å². The number of hydrogen-bond donors (Lipinski definition) is 2. The van der Waals surface area contributed by atoms with E-state index in [0.29, 0.717) is 37.7 Å². The van der Waals surface area contributed by atoms with Gasteiger partial charge in [-0.3, -0.25) is 9.59 Å². The number of amides is 2. The van der Waals surface area contributed by atoms with E-state index in [1.54, 1.807) is 24.4 Å². The van der Waals surface area contributed by atoms with Crippen molar-refractivity contribution in [3.8, 4) is 5.82 Å². The summed E-state index contributed by atoms with van der Waals surface area (Å²) in [6.07, 6.45) is 2.01. The molecule has 2 heterocycles. The molecule has 8 nitrogen and oxygen atoms in total. The second-order valence-electron chi connectivity index (χ2n) is 6.35. The molecule has 4 rings (SSSR count). The molecule has 156 valence electrons. The highest BCUT2D eigenvalue weighted by atomic mass is 79.9. The maximum Gasteiger partial charge on any atom is 0.274 e. The number of anilines is 2. The Morgan fingerprint density at radius 1 is 1.19 bits per heavy atom. The number of fused-ring (bicyclic) bond motifs is 1. The standard InChI is InChI=1S/C20H13Br2ClN6O2/c21-16-9-15(29(27-16)19-13(23)6-3-7-25-19)20(31)26-18-14(28(24)10-30)8-11-4-1-2-5-12(11)17(18)22/h1-10H,24H2,(H,26,31). The number of carbonyl (C=O) groups excluding carboxylic acids is 2. The quantitative estimate of drug-likeness (QED) is 0.158. The molecule has 0 radical (unpaired) electrons. The van der Waals surface area contributed by atoms with Crippen molar-refractivity contribution in [1.29, 1.82) is 0 Å². The Kier molecular flexibility index (Phi) is 6.05. The van der Waals surface area contributed by atoms with E-state index in [-0.39, 0.29) is 5.69 Å². The summed E-state index contributed by atoms with van der Waals surface area (Å²) in [4.78, 5) is 28.8. The summed E-state index contributed by atoms with van der Waals surface area (Å²) in [7, 11) is 0. The molecular formula is C20H13Br2ClN6O2. The summed E-state index contributed by atoms with van der Waals surface area (Å²) >= 11 is 13.1. The van der Waals surface area contributed by atoms with Gasteiger partial charge >= 0.3 is 0 Å². The smallest absolute Gasteiger partial charge is 0.274 e. The van der Waals surface area contributed by atoms with Crippen LogP contribution in [-0.4, -0.2) is 27.1 Å². The lowest BCUT2D eigenvalue weighted by molar-refractivity contribution is -0.107. The van der Waals surface area contributed by atoms with Crippen LogP contribution in [0.2, 0.25) is 5.02 Å². The largest absolute Gasteiger partial charge is 0.318 e. The number of nitrogens with two attached hydrogens (primary N) is 1. The van der Waals surface area contributed by atoms with Gasteiger partial charge in [-0.15, -0.1) is 0 Å². The van der Waals surface area contributed by atoms with Gasteiger partial charge in [-0.25, -0.2) is 20.5 Å². The number of pyridine rings is 1. The minimum atomic E-state index is -0.503. The van der Waals surface area contributed by atoms with Crippen LogP contribution >= 0.6 is 43.5 Å². The predicted octanol–water partition coefficient (Wildman–Crippen LogP) is 4.69. The van der Waals surface area contributed by atoms with Gasteiger partial charge in [-0.1, -0.05) is 35.9 Å². The Morgan fingerprint density at radius 2 is 1.97 bits per heavy atom. The number of halogens is 3. The molecule has 4 aromatic rings. The van der Waals surface area contributed by atoms with Gasteiger partial charge in [0.1, 0.15) is 10.3 Å². The minimum Gasteiger partial charge on any atom is -0.318 e. The maximum absolute atomic E-state index is 13.3. The average Bonchev–Trinajstić information content (AvgIpc) is 3.16. The fourth-order valence-corrected chi connectivity index (χ4v) is 4.30. The number of hydrogen-bond acceptors (Lipinski definition) is 5. The summed E-state index contributed by atoms with van der Waals surface area (Å²) in [6.45, 7) is 0. The van der Waals surface area contributed by atoms with E-state index in [2.05, 4.69) is 47.3 Å². The van der Waals surface area contributed by atoms with Crippen molar-refractivity contribution in [2.75, 3.05) is 10.3 Å². The molecular weight excluding hydrogens is 552 g/mol. The lowest BCUT2D eigenvalue weighted by atomic mass is 10.1. The molecule has 2 aromatic heterocycles. The van der Waals surface area contributed by atoms with Crippen molar-refractivity contribution in [3.63, 3.8) is 0 Å². The highest BCUT2D eigenvalue weighted by Crippen LogP contribution is 2.39. The number of aromatic nitrogens is 3. The Hall–Kier alpha value is -2.79. The number of nitrogens with one attached hydrogen (secondary N) is 1. The molecule has 0 spiro atoms. The highest BCUT2D eigenvalue weighted by Gasteiger charge is 2.22. The van der Waals surface area contributed by atoms with Gasteiger partial charge in [0.15, 0.2) is 5.82 Å². The van der Waals surface area contributed by atoms with Crippen LogP contribution in [0.25, 0.3) is 16.6 Å². The summed E-state index contributed by atoms with van der Waals surface area (Å²) in [5, 5.41) is 10.0. The average molecular weight is 565 g/mol. The van der Waals surface area contributed by atoms with Crippen molar-refractivity contribution in [1.82, 2.24) is 14.8 Å². The van der Waals surface area contributed by atoms with Gasteiger partial charge < -0.3 is 5.32 Å². The van der Waals surface area contributed by atoms with Crippen molar-refractivity contribution in [2.45, 2.75) is 0 Å². The van der Waals surface area contributed by atoms with Crippen LogP contribution in [0.1, 0.15) is 10.5 Å². The van der Waals surface area contributed by atoms with Gasteiger partial charge in [-0.05, 0) is 60.8 Å². The first-order chi connectivity index (χ1) is 14.9. The molecule has 0 aliphatic carbocycles. The number of nitrogens with zero attached hydrogens (tertiary/aromatic N) is 4. The minimum absolute atomic E-state index is 0.174. The molecule has 0 atom stereocenters. The van der Waals surface area contributed by atoms with Gasteiger partial charge in [0, 0.05) is 12.3 Å². The third-order valence-corrected chi connectivity index (χ3v) is 5.95.